The molecule has 0 fully saturated rings. The molecule has 0 aliphatic carbocycles. The number of benzene rings is 2. The molecule has 0 aliphatic heterocycles. The van der Waals surface area contributed by atoms with Gasteiger partial charge in [0.2, 0.25) is 5.91 Å². The molecule has 4 nitrogen and oxygen atoms in total. The Labute approximate surface area is 152 Å². The Morgan fingerprint density at radius 1 is 1.00 bits per heavy atom. The maximum Gasteiger partial charge on any atom is 0.471 e. The van der Waals surface area contributed by atoms with Crippen LogP contribution in [-0.4, -0.2) is 18.0 Å². The van der Waals surface area contributed by atoms with Gasteiger partial charge in [-0.05, 0) is 41.5 Å². The van der Waals surface area contributed by atoms with Crippen molar-refractivity contribution in [1.29, 1.82) is 0 Å². The van der Waals surface area contributed by atoms with Gasteiger partial charge in [0.15, 0.2) is 0 Å². The van der Waals surface area contributed by atoms with Gasteiger partial charge < -0.3 is 10.6 Å². The van der Waals surface area contributed by atoms with Gasteiger partial charge in [-0.25, -0.2) is 0 Å². The van der Waals surface area contributed by atoms with Gasteiger partial charge in [-0.15, -0.1) is 0 Å². The number of amides is 2. The van der Waals surface area contributed by atoms with Crippen molar-refractivity contribution >= 4 is 35.2 Å². The molecule has 0 heterocycles. The maximum atomic E-state index is 12.1. The van der Waals surface area contributed by atoms with E-state index in [-0.39, 0.29) is 12.5 Å². The van der Waals surface area contributed by atoms with Gasteiger partial charge in [0.1, 0.15) is 0 Å². The number of anilines is 1. The van der Waals surface area contributed by atoms with Crippen LogP contribution in [0.1, 0.15) is 11.1 Å². The van der Waals surface area contributed by atoms with E-state index < -0.39 is 12.1 Å². The molecular formula is C18H14ClF3N2O2. The summed E-state index contributed by atoms with van der Waals surface area (Å²) in [4.78, 5) is 22.6. The average molecular weight is 383 g/mol. The van der Waals surface area contributed by atoms with E-state index in [4.69, 9.17) is 11.6 Å². The predicted molar refractivity (Wildman–Crippen MR) is 93.5 cm³/mol. The molecule has 0 radical (unpaired) electrons. The summed E-state index contributed by atoms with van der Waals surface area (Å²) in [7, 11) is 0. The minimum Gasteiger partial charge on any atom is -0.344 e. The third-order valence-electron chi connectivity index (χ3n) is 3.23. The first-order valence-electron chi connectivity index (χ1n) is 7.42. The van der Waals surface area contributed by atoms with Gasteiger partial charge in [-0.1, -0.05) is 35.9 Å². The zero-order valence-corrected chi connectivity index (χ0v) is 14.1. The fourth-order valence-electron chi connectivity index (χ4n) is 1.92. The van der Waals surface area contributed by atoms with E-state index in [2.05, 4.69) is 5.32 Å². The molecular weight excluding hydrogens is 369 g/mol. The van der Waals surface area contributed by atoms with Crippen LogP contribution in [0.5, 0.6) is 0 Å². The number of rotatable bonds is 5. The summed E-state index contributed by atoms with van der Waals surface area (Å²) in [5, 5.41) is 4.99. The van der Waals surface area contributed by atoms with Gasteiger partial charge in [0, 0.05) is 23.3 Å². The summed E-state index contributed by atoms with van der Waals surface area (Å²) in [6, 6.07) is 13.0. The number of halogens is 4. The first-order valence-corrected chi connectivity index (χ1v) is 7.80. The minimum atomic E-state index is -4.91. The molecule has 8 heteroatoms. The largest absolute Gasteiger partial charge is 0.471 e. The van der Waals surface area contributed by atoms with Crippen LogP contribution in [0.4, 0.5) is 18.9 Å². The topological polar surface area (TPSA) is 58.2 Å². The van der Waals surface area contributed by atoms with E-state index in [1.807, 2.05) is 0 Å². The van der Waals surface area contributed by atoms with Crippen LogP contribution in [0, 0.1) is 0 Å². The fraction of sp³-hybridized carbons (Fsp3) is 0.111. The van der Waals surface area contributed by atoms with Crippen LogP contribution < -0.4 is 10.6 Å². The maximum absolute atomic E-state index is 12.1. The highest BCUT2D eigenvalue weighted by atomic mass is 35.5. The molecule has 0 spiro atoms. The van der Waals surface area contributed by atoms with Crippen LogP contribution in [-0.2, 0) is 16.1 Å². The average Bonchev–Trinajstić information content (AvgIpc) is 2.59. The molecule has 0 saturated heterocycles. The first-order chi connectivity index (χ1) is 12.2. The SMILES string of the molecule is O=C(/C=C/c1ccc(Cl)cc1)Nc1ccc(CNC(=O)C(F)(F)F)cc1. The smallest absolute Gasteiger partial charge is 0.344 e. The lowest BCUT2D eigenvalue weighted by Crippen LogP contribution is -2.36. The normalized spacial score (nSPS) is 11.4. The summed E-state index contributed by atoms with van der Waals surface area (Å²) in [6.07, 6.45) is -1.95. The second-order valence-electron chi connectivity index (χ2n) is 5.25. The second-order valence-corrected chi connectivity index (χ2v) is 5.69. The Bertz CT molecular complexity index is 801. The Balaban J connectivity index is 1.87. The van der Waals surface area contributed by atoms with Gasteiger partial charge in [0.05, 0.1) is 0 Å². The predicted octanol–water partition coefficient (Wildman–Crippen LogP) is 4.17. The summed E-state index contributed by atoms with van der Waals surface area (Å²) >= 11 is 5.77. The monoisotopic (exact) mass is 382 g/mol. The van der Waals surface area contributed by atoms with Crippen molar-refractivity contribution in [3.8, 4) is 0 Å². The van der Waals surface area contributed by atoms with E-state index in [0.717, 1.165) is 5.56 Å². The van der Waals surface area contributed by atoms with Crippen LogP contribution >= 0.6 is 11.6 Å². The van der Waals surface area contributed by atoms with Crippen molar-refractivity contribution in [3.63, 3.8) is 0 Å². The van der Waals surface area contributed by atoms with E-state index >= 15 is 0 Å². The molecule has 0 aliphatic rings. The highest BCUT2D eigenvalue weighted by molar-refractivity contribution is 6.30. The standard InChI is InChI=1S/C18H14ClF3N2O2/c19-14-6-1-12(2-7-14)5-10-16(25)24-15-8-3-13(4-9-15)11-23-17(26)18(20,21)22/h1-10H,11H2,(H,23,26)(H,24,25)/b10-5+. The molecule has 2 aromatic carbocycles. The number of carbonyl (C=O) groups excluding carboxylic acids is 2. The molecule has 26 heavy (non-hydrogen) atoms. The summed E-state index contributed by atoms with van der Waals surface area (Å²) in [6.45, 7) is -0.261. The number of hydrogen-bond acceptors (Lipinski definition) is 2. The van der Waals surface area contributed by atoms with Crippen LogP contribution in [0.2, 0.25) is 5.02 Å². The van der Waals surface area contributed by atoms with Crippen LogP contribution in [0.3, 0.4) is 0 Å². The van der Waals surface area contributed by atoms with E-state index in [9.17, 15) is 22.8 Å². The minimum absolute atomic E-state index is 0.261. The Morgan fingerprint density at radius 2 is 1.62 bits per heavy atom. The third-order valence-corrected chi connectivity index (χ3v) is 3.48. The van der Waals surface area contributed by atoms with Crippen molar-refractivity contribution in [2.24, 2.45) is 0 Å². The quantitative estimate of drug-likeness (QED) is 0.762. The van der Waals surface area contributed by atoms with Crippen molar-refractivity contribution in [2.45, 2.75) is 12.7 Å². The number of carbonyl (C=O) groups is 2. The van der Waals surface area contributed by atoms with Gasteiger partial charge in [-0.3, -0.25) is 9.59 Å². The zero-order chi connectivity index (χ0) is 19.2. The van der Waals surface area contributed by atoms with Crippen molar-refractivity contribution in [1.82, 2.24) is 5.32 Å². The Kier molecular flexibility index (Phi) is 6.41. The van der Waals surface area contributed by atoms with Gasteiger partial charge >= 0.3 is 12.1 Å². The lowest BCUT2D eigenvalue weighted by atomic mass is 10.2. The summed E-state index contributed by atoms with van der Waals surface area (Å²) < 4.78 is 36.3. The molecule has 0 saturated carbocycles. The molecule has 136 valence electrons. The van der Waals surface area contributed by atoms with Crippen molar-refractivity contribution in [2.75, 3.05) is 5.32 Å². The van der Waals surface area contributed by atoms with Gasteiger partial charge in [-0.2, -0.15) is 13.2 Å². The lowest BCUT2D eigenvalue weighted by Gasteiger charge is -2.08. The molecule has 2 N–H and O–H groups in total. The third kappa shape index (κ3) is 6.25. The molecule has 2 rings (SSSR count). The molecule has 0 aromatic heterocycles. The summed E-state index contributed by atoms with van der Waals surface area (Å²) in [5.74, 6) is -2.36. The molecule has 0 bridgehead atoms. The number of hydrogen-bond donors (Lipinski definition) is 2. The highest BCUT2D eigenvalue weighted by Gasteiger charge is 2.38. The second kappa shape index (κ2) is 8.53. The summed E-state index contributed by atoms with van der Waals surface area (Å²) in [5.41, 5.74) is 1.75. The Hall–Kier alpha value is -2.80. The van der Waals surface area contributed by atoms with Crippen LogP contribution in [0.25, 0.3) is 6.08 Å². The number of nitrogens with one attached hydrogen (secondary N) is 2. The Morgan fingerprint density at radius 3 is 2.19 bits per heavy atom. The lowest BCUT2D eigenvalue weighted by molar-refractivity contribution is -0.173. The molecule has 2 amide bonds. The number of alkyl halides is 3. The molecule has 0 atom stereocenters. The van der Waals surface area contributed by atoms with Crippen molar-refractivity contribution < 1.29 is 22.8 Å². The zero-order valence-electron chi connectivity index (χ0n) is 13.3. The van der Waals surface area contributed by atoms with Gasteiger partial charge in [0.25, 0.3) is 0 Å². The molecule has 2 aromatic rings. The first kappa shape index (κ1) is 19.5. The van der Waals surface area contributed by atoms with E-state index in [1.165, 1.54) is 30.3 Å². The fourth-order valence-corrected chi connectivity index (χ4v) is 2.04. The van der Waals surface area contributed by atoms with Crippen LogP contribution in [0.15, 0.2) is 54.6 Å². The molecule has 0 unspecified atom stereocenters. The van der Waals surface area contributed by atoms with E-state index in [0.29, 0.717) is 16.3 Å². The highest BCUT2D eigenvalue weighted by Crippen LogP contribution is 2.15. The van der Waals surface area contributed by atoms with Crippen molar-refractivity contribution in [3.05, 3.63) is 70.8 Å². The van der Waals surface area contributed by atoms with E-state index in [1.54, 1.807) is 35.7 Å².